The zero-order valence-corrected chi connectivity index (χ0v) is 16.6. The molecule has 6 heteroatoms. The van der Waals surface area contributed by atoms with E-state index in [0.29, 0.717) is 6.54 Å². The van der Waals surface area contributed by atoms with Gasteiger partial charge in [0.2, 0.25) is 0 Å². The van der Waals surface area contributed by atoms with Crippen molar-refractivity contribution in [2.24, 2.45) is 5.92 Å². The number of ether oxygens (including phenoxy) is 2. The van der Waals surface area contributed by atoms with Crippen LogP contribution in [-0.2, 0) is 14.3 Å². The van der Waals surface area contributed by atoms with Crippen molar-refractivity contribution in [3.63, 3.8) is 0 Å². The van der Waals surface area contributed by atoms with E-state index in [0.717, 1.165) is 19.3 Å². The van der Waals surface area contributed by atoms with E-state index in [1.807, 2.05) is 39.6 Å². The van der Waals surface area contributed by atoms with E-state index in [-0.39, 0.29) is 24.0 Å². The molecule has 142 valence electrons. The average molecular weight is 344 g/mol. The minimum Gasteiger partial charge on any atom is -0.468 e. The Hall–Kier alpha value is -1.30. The van der Waals surface area contributed by atoms with E-state index in [1.165, 1.54) is 7.11 Å². The summed E-state index contributed by atoms with van der Waals surface area (Å²) in [7, 11) is 3.30. The van der Waals surface area contributed by atoms with Gasteiger partial charge in [0.05, 0.1) is 7.11 Å². The first-order chi connectivity index (χ1) is 11.1. The molecule has 6 nitrogen and oxygen atoms in total. The van der Waals surface area contributed by atoms with Crippen LogP contribution in [0.2, 0.25) is 0 Å². The fourth-order valence-electron chi connectivity index (χ4n) is 2.48. The highest BCUT2D eigenvalue weighted by Crippen LogP contribution is 2.15. The molecule has 1 N–H and O–H groups in total. The van der Waals surface area contributed by atoms with Crippen LogP contribution in [-0.4, -0.2) is 55.3 Å². The molecule has 0 rings (SSSR count). The van der Waals surface area contributed by atoms with E-state index >= 15 is 0 Å². The summed E-state index contributed by atoms with van der Waals surface area (Å²) in [6.07, 6.45) is 2.11. The summed E-state index contributed by atoms with van der Waals surface area (Å²) in [4.78, 5) is 26.1. The van der Waals surface area contributed by atoms with E-state index in [9.17, 15) is 9.59 Å². The Morgan fingerprint density at radius 1 is 1.21 bits per heavy atom. The molecule has 0 heterocycles. The molecule has 0 aliphatic rings. The summed E-state index contributed by atoms with van der Waals surface area (Å²) in [6.45, 7) is 12.3. The lowest BCUT2D eigenvalue weighted by molar-refractivity contribution is -0.146. The van der Waals surface area contributed by atoms with Crippen LogP contribution < -0.4 is 5.32 Å². The first-order valence-corrected chi connectivity index (χ1v) is 8.83. The van der Waals surface area contributed by atoms with Crippen molar-refractivity contribution in [1.82, 2.24) is 10.2 Å². The minimum atomic E-state index is -0.535. The number of alkyl carbamates (subject to hydrolysis) is 1. The lowest BCUT2D eigenvalue weighted by atomic mass is 9.98. The number of esters is 1. The zero-order valence-electron chi connectivity index (χ0n) is 16.6. The summed E-state index contributed by atoms with van der Waals surface area (Å²) in [5, 5.41) is 2.95. The summed E-state index contributed by atoms with van der Waals surface area (Å²) >= 11 is 0. The number of hydrogen-bond donors (Lipinski definition) is 1. The van der Waals surface area contributed by atoms with Gasteiger partial charge in [-0.1, -0.05) is 33.6 Å². The normalized spacial score (nSPS) is 15.5. The Morgan fingerprint density at radius 3 is 2.21 bits per heavy atom. The molecule has 24 heavy (non-hydrogen) atoms. The Bertz CT molecular complexity index is 393. The van der Waals surface area contributed by atoms with Crippen molar-refractivity contribution in [2.75, 3.05) is 20.7 Å². The van der Waals surface area contributed by atoms with Crippen molar-refractivity contribution in [1.29, 1.82) is 0 Å². The first-order valence-electron chi connectivity index (χ1n) is 8.83. The third-order valence-corrected chi connectivity index (χ3v) is 4.09. The Balaban J connectivity index is 4.99. The quantitative estimate of drug-likeness (QED) is 0.651. The monoisotopic (exact) mass is 344 g/mol. The number of likely N-dealkylation sites (N-methyl/N-ethyl adjacent to an activating group) is 1. The number of rotatable bonds is 9. The maximum absolute atomic E-state index is 12.1. The number of nitrogens with zero attached hydrogens (tertiary/aromatic N) is 1. The van der Waals surface area contributed by atoms with Crippen LogP contribution >= 0.6 is 0 Å². The molecular formula is C18H36N2O4. The van der Waals surface area contributed by atoms with Gasteiger partial charge in [-0.2, -0.15) is 0 Å². The van der Waals surface area contributed by atoms with Crippen molar-refractivity contribution in [3.8, 4) is 0 Å². The number of carbonyl (C=O) groups excluding carboxylic acids is 2. The van der Waals surface area contributed by atoms with Gasteiger partial charge >= 0.3 is 12.1 Å². The van der Waals surface area contributed by atoms with Crippen molar-refractivity contribution in [3.05, 3.63) is 0 Å². The molecule has 0 fully saturated rings. The molecule has 0 aliphatic carbocycles. The van der Waals surface area contributed by atoms with Crippen LogP contribution in [0.5, 0.6) is 0 Å². The van der Waals surface area contributed by atoms with Crippen LogP contribution in [0.15, 0.2) is 0 Å². The molecule has 3 atom stereocenters. The average Bonchev–Trinajstić information content (AvgIpc) is 2.48. The SMILES string of the molecule is CCC[C@@H](C(=O)OC)N(C)C[C@@H](NC(=O)OC(C)(C)C)[C@@H](C)CC. The molecule has 0 aromatic rings. The van der Waals surface area contributed by atoms with Gasteiger partial charge in [-0.25, -0.2) is 4.79 Å². The minimum absolute atomic E-state index is 0.0983. The molecule has 0 unspecified atom stereocenters. The van der Waals surface area contributed by atoms with Crippen molar-refractivity contribution in [2.45, 2.75) is 78.5 Å². The van der Waals surface area contributed by atoms with E-state index in [4.69, 9.17) is 9.47 Å². The second-order valence-electron chi connectivity index (χ2n) is 7.41. The fourth-order valence-corrected chi connectivity index (χ4v) is 2.48. The van der Waals surface area contributed by atoms with E-state index < -0.39 is 11.7 Å². The maximum Gasteiger partial charge on any atom is 0.407 e. The van der Waals surface area contributed by atoms with Crippen LogP contribution in [0.1, 0.15) is 60.8 Å². The number of carbonyl (C=O) groups is 2. The highest BCUT2D eigenvalue weighted by molar-refractivity contribution is 5.75. The summed E-state index contributed by atoms with van der Waals surface area (Å²) in [5.74, 6) is 0.0272. The predicted octanol–water partition coefficient (Wildman–Crippen LogP) is 3.20. The highest BCUT2D eigenvalue weighted by Gasteiger charge is 2.29. The number of hydrogen-bond acceptors (Lipinski definition) is 5. The van der Waals surface area contributed by atoms with E-state index in [1.54, 1.807) is 0 Å². The smallest absolute Gasteiger partial charge is 0.407 e. The number of methoxy groups -OCH3 is 1. The molecule has 0 aromatic carbocycles. The molecule has 0 aliphatic heterocycles. The first kappa shape index (κ1) is 22.7. The van der Waals surface area contributed by atoms with Gasteiger partial charge in [0.25, 0.3) is 0 Å². The molecule has 1 amide bonds. The maximum atomic E-state index is 12.1. The summed E-state index contributed by atoms with van der Waals surface area (Å²) in [6, 6.07) is -0.397. The van der Waals surface area contributed by atoms with Crippen LogP contribution in [0, 0.1) is 5.92 Å². The zero-order chi connectivity index (χ0) is 18.9. The highest BCUT2D eigenvalue weighted by atomic mass is 16.6. The van der Waals surface area contributed by atoms with E-state index in [2.05, 4.69) is 19.2 Å². The van der Waals surface area contributed by atoms with Gasteiger partial charge in [-0.3, -0.25) is 9.69 Å². The second kappa shape index (κ2) is 10.5. The number of amides is 1. The van der Waals surface area contributed by atoms with Gasteiger partial charge < -0.3 is 14.8 Å². The van der Waals surface area contributed by atoms with Crippen LogP contribution in [0.4, 0.5) is 4.79 Å². The Labute approximate surface area is 147 Å². The van der Waals surface area contributed by atoms with Gasteiger partial charge in [-0.05, 0) is 40.2 Å². The molecule has 0 saturated heterocycles. The van der Waals surface area contributed by atoms with Crippen molar-refractivity contribution < 1.29 is 19.1 Å². The molecule has 0 spiro atoms. The third-order valence-electron chi connectivity index (χ3n) is 4.09. The van der Waals surface area contributed by atoms with Crippen LogP contribution in [0.25, 0.3) is 0 Å². The fraction of sp³-hybridized carbons (Fsp3) is 0.889. The van der Waals surface area contributed by atoms with Gasteiger partial charge in [0, 0.05) is 12.6 Å². The summed E-state index contributed by atoms with van der Waals surface area (Å²) < 4.78 is 10.3. The molecular weight excluding hydrogens is 308 g/mol. The van der Waals surface area contributed by atoms with Gasteiger partial charge in [-0.15, -0.1) is 0 Å². The molecule has 0 saturated carbocycles. The van der Waals surface area contributed by atoms with Crippen molar-refractivity contribution >= 4 is 12.1 Å². The Morgan fingerprint density at radius 2 is 1.79 bits per heavy atom. The third kappa shape index (κ3) is 8.52. The topological polar surface area (TPSA) is 67.9 Å². The molecule has 0 bridgehead atoms. The molecule has 0 aromatic heterocycles. The second-order valence-corrected chi connectivity index (χ2v) is 7.41. The molecule has 0 radical (unpaired) electrons. The Kier molecular flexibility index (Phi) is 9.97. The lowest BCUT2D eigenvalue weighted by Crippen LogP contribution is -2.51. The summed E-state index contributed by atoms with van der Waals surface area (Å²) in [5.41, 5.74) is -0.535. The largest absolute Gasteiger partial charge is 0.468 e. The van der Waals surface area contributed by atoms with Gasteiger partial charge in [0.1, 0.15) is 11.6 Å². The van der Waals surface area contributed by atoms with Gasteiger partial charge in [0.15, 0.2) is 0 Å². The van der Waals surface area contributed by atoms with Crippen LogP contribution in [0.3, 0.4) is 0 Å². The predicted molar refractivity (Wildman–Crippen MR) is 96.0 cm³/mol. The number of nitrogens with one attached hydrogen (secondary N) is 1. The standard InChI is InChI=1S/C18H36N2O4/c1-9-11-15(16(21)23-8)20(7)12-14(13(3)10-2)19-17(22)24-18(4,5)6/h13-15H,9-12H2,1-8H3,(H,19,22)/t13-,14+,15-/m0/s1. The lowest BCUT2D eigenvalue weighted by Gasteiger charge is -2.33.